The molecule has 0 radical (unpaired) electrons. The largest absolute Gasteiger partial charge is 0.456 e. The Morgan fingerprint density at radius 2 is 1.78 bits per heavy atom. The number of rotatable bonds is 6. The summed E-state index contributed by atoms with van der Waals surface area (Å²) < 4.78 is 5.04. The zero-order valence-electron chi connectivity index (χ0n) is 14.8. The second-order valence-electron chi connectivity index (χ2n) is 5.98. The van der Waals surface area contributed by atoms with Crippen LogP contribution in [-0.2, 0) is 20.7 Å². The van der Waals surface area contributed by atoms with Gasteiger partial charge in [0.1, 0.15) is 5.82 Å². The molecule has 0 saturated heterocycles. The van der Waals surface area contributed by atoms with Gasteiger partial charge in [0.05, 0.1) is 17.3 Å². The summed E-state index contributed by atoms with van der Waals surface area (Å²) in [5.41, 5.74) is 1.05. The Bertz CT molecular complexity index is 1010. The fourth-order valence-corrected chi connectivity index (χ4v) is 2.58. The first-order valence-corrected chi connectivity index (χ1v) is 8.50. The van der Waals surface area contributed by atoms with E-state index in [1.165, 1.54) is 4.90 Å². The second kappa shape index (κ2) is 8.27. The van der Waals surface area contributed by atoms with E-state index < -0.39 is 5.97 Å². The number of anilines is 1. The summed E-state index contributed by atoms with van der Waals surface area (Å²) in [4.78, 5) is 44.4. The molecule has 0 aliphatic rings. The summed E-state index contributed by atoms with van der Waals surface area (Å²) in [5, 5.41) is 0.498. The van der Waals surface area contributed by atoms with Gasteiger partial charge in [-0.3, -0.25) is 14.4 Å². The maximum Gasteiger partial charge on any atom is 0.306 e. The van der Waals surface area contributed by atoms with Crippen LogP contribution in [0, 0.1) is 0 Å². The molecule has 1 N–H and O–H groups in total. The Labute approximate surface area is 155 Å². The number of hydrogen-bond donors (Lipinski definition) is 1. The van der Waals surface area contributed by atoms with Crippen LogP contribution in [0.15, 0.2) is 59.4 Å². The molecule has 1 aromatic heterocycles. The van der Waals surface area contributed by atoms with Crippen molar-refractivity contribution in [1.82, 2.24) is 9.97 Å². The van der Waals surface area contributed by atoms with Gasteiger partial charge >= 0.3 is 5.97 Å². The molecule has 0 aliphatic heterocycles. The predicted molar refractivity (Wildman–Crippen MR) is 101 cm³/mol. The highest BCUT2D eigenvalue weighted by Gasteiger charge is 2.14. The highest BCUT2D eigenvalue weighted by molar-refractivity contribution is 5.94. The van der Waals surface area contributed by atoms with Crippen LogP contribution in [0.5, 0.6) is 0 Å². The van der Waals surface area contributed by atoms with E-state index in [1.807, 2.05) is 18.2 Å². The maximum absolute atomic E-state index is 12.1. The zero-order valence-corrected chi connectivity index (χ0v) is 14.8. The van der Waals surface area contributed by atoms with Gasteiger partial charge in [-0.15, -0.1) is 0 Å². The van der Waals surface area contributed by atoms with Crippen LogP contribution in [0.1, 0.15) is 12.2 Å². The highest BCUT2D eigenvalue weighted by atomic mass is 16.5. The third-order valence-electron chi connectivity index (χ3n) is 4.10. The van der Waals surface area contributed by atoms with Gasteiger partial charge in [0.2, 0.25) is 0 Å². The van der Waals surface area contributed by atoms with Crippen molar-refractivity contribution in [2.45, 2.75) is 12.8 Å². The van der Waals surface area contributed by atoms with Crippen molar-refractivity contribution in [3.63, 3.8) is 0 Å². The van der Waals surface area contributed by atoms with Crippen LogP contribution in [0.2, 0.25) is 0 Å². The van der Waals surface area contributed by atoms with E-state index in [0.29, 0.717) is 16.7 Å². The molecule has 3 aromatic rings. The molecule has 1 heterocycles. The molecule has 0 bridgehead atoms. The number of aromatic amines is 1. The van der Waals surface area contributed by atoms with Crippen LogP contribution in [0.3, 0.4) is 0 Å². The topological polar surface area (TPSA) is 92.4 Å². The first-order chi connectivity index (χ1) is 13.0. The molecule has 0 atom stereocenters. The number of para-hydroxylation sites is 2. The lowest BCUT2D eigenvalue weighted by atomic mass is 10.2. The molecule has 7 nitrogen and oxygen atoms in total. The van der Waals surface area contributed by atoms with Gasteiger partial charge < -0.3 is 14.6 Å². The molecule has 2 aromatic carbocycles. The van der Waals surface area contributed by atoms with Gasteiger partial charge in [-0.25, -0.2) is 4.98 Å². The van der Waals surface area contributed by atoms with E-state index in [-0.39, 0.29) is 30.9 Å². The minimum atomic E-state index is -0.527. The molecular formula is C20H19N3O4. The third kappa shape index (κ3) is 4.58. The number of likely N-dealkylation sites (N-methyl/N-ethyl adjacent to an activating group) is 1. The zero-order chi connectivity index (χ0) is 19.2. The average molecular weight is 365 g/mol. The summed E-state index contributed by atoms with van der Waals surface area (Å²) in [6, 6.07) is 16.1. The van der Waals surface area contributed by atoms with Crippen LogP contribution in [0.4, 0.5) is 5.69 Å². The van der Waals surface area contributed by atoms with Gasteiger partial charge in [0, 0.05) is 19.2 Å². The number of hydrogen-bond acceptors (Lipinski definition) is 5. The second-order valence-corrected chi connectivity index (χ2v) is 5.98. The Hall–Kier alpha value is -3.48. The Morgan fingerprint density at radius 3 is 2.56 bits per heavy atom. The molecule has 0 fully saturated rings. The molecule has 7 heteroatoms. The molecule has 0 aliphatic carbocycles. The number of nitrogens with one attached hydrogen (secondary N) is 1. The molecule has 0 spiro atoms. The number of amides is 1. The normalized spacial score (nSPS) is 10.6. The van der Waals surface area contributed by atoms with Crippen LogP contribution in [-0.4, -0.2) is 35.5 Å². The van der Waals surface area contributed by atoms with Crippen molar-refractivity contribution in [2.24, 2.45) is 0 Å². The average Bonchev–Trinajstić information content (AvgIpc) is 2.70. The summed E-state index contributed by atoms with van der Waals surface area (Å²) in [5.74, 6) is -0.448. The van der Waals surface area contributed by atoms with Crippen LogP contribution < -0.4 is 10.5 Å². The number of benzene rings is 2. The number of carbonyl (C=O) groups is 2. The maximum atomic E-state index is 12.1. The van der Waals surface area contributed by atoms with E-state index in [0.717, 1.165) is 5.69 Å². The Balaban J connectivity index is 1.53. The van der Waals surface area contributed by atoms with Gasteiger partial charge in [-0.1, -0.05) is 30.3 Å². The first kappa shape index (κ1) is 18.3. The Kier molecular flexibility index (Phi) is 5.61. The lowest BCUT2D eigenvalue weighted by Gasteiger charge is -2.17. The molecular weight excluding hydrogens is 346 g/mol. The van der Waals surface area contributed by atoms with Crippen molar-refractivity contribution in [3.05, 3.63) is 70.8 Å². The smallest absolute Gasteiger partial charge is 0.306 e. The van der Waals surface area contributed by atoms with E-state index >= 15 is 0 Å². The molecule has 27 heavy (non-hydrogen) atoms. The first-order valence-electron chi connectivity index (χ1n) is 8.50. The summed E-state index contributed by atoms with van der Waals surface area (Å²) in [6.45, 7) is -0.341. The quantitative estimate of drug-likeness (QED) is 0.675. The van der Waals surface area contributed by atoms with Crippen molar-refractivity contribution >= 4 is 28.5 Å². The monoisotopic (exact) mass is 365 g/mol. The lowest BCUT2D eigenvalue weighted by molar-refractivity contribution is -0.147. The summed E-state index contributed by atoms with van der Waals surface area (Å²) >= 11 is 0. The van der Waals surface area contributed by atoms with Gasteiger partial charge in [-0.2, -0.15) is 0 Å². The van der Waals surface area contributed by atoms with Gasteiger partial charge in [-0.05, 0) is 24.3 Å². The van der Waals surface area contributed by atoms with E-state index in [9.17, 15) is 14.4 Å². The fourth-order valence-electron chi connectivity index (χ4n) is 2.58. The number of esters is 1. The number of H-pyrrole nitrogens is 1. The number of aromatic nitrogens is 2. The van der Waals surface area contributed by atoms with Crippen molar-refractivity contribution < 1.29 is 14.3 Å². The van der Waals surface area contributed by atoms with Gasteiger partial charge in [0.25, 0.3) is 11.5 Å². The number of nitrogens with zero attached hydrogens (tertiary/aromatic N) is 2. The number of fused-ring (bicyclic) bond motifs is 1. The predicted octanol–water partition coefficient (Wildman–Crippen LogP) is 2.06. The minimum Gasteiger partial charge on any atom is -0.456 e. The molecule has 1 amide bonds. The lowest BCUT2D eigenvalue weighted by Crippen LogP contribution is -2.31. The summed E-state index contributed by atoms with van der Waals surface area (Å²) in [7, 11) is 1.62. The SMILES string of the molecule is CN(C(=O)COC(=O)CCc1nc2ccccc2c(=O)[nH]1)c1ccccc1. The molecule has 138 valence electrons. The minimum absolute atomic E-state index is 0.0175. The number of ether oxygens (including phenoxy) is 1. The van der Waals surface area contributed by atoms with Crippen LogP contribution in [0.25, 0.3) is 10.9 Å². The van der Waals surface area contributed by atoms with Crippen LogP contribution >= 0.6 is 0 Å². The van der Waals surface area contributed by atoms with E-state index in [4.69, 9.17) is 4.74 Å². The summed E-state index contributed by atoms with van der Waals surface area (Å²) in [6.07, 6.45) is 0.241. The number of aryl methyl sites for hydroxylation is 1. The molecule has 3 rings (SSSR count). The Morgan fingerprint density at radius 1 is 1.07 bits per heavy atom. The van der Waals surface area contributed by atoms with Crippen molar-refractivity contribution in [1.29, 1.82) is 0 Å². The van der Waals surface area contributed by atoms with Gasteiger partial charge in [0.15, 0.2) is 6.61 Å². The standard InChI is InChI=1S/C20H19N3O4/c1-23(14-7-3-2-4-8-14)18(24)13-27-19(25)12-11-17-21-16-10-6-5-9-15(16)20(26)22-17/h2-10H,11-13H2,1H3,(H,21,22,26). The molecule has 0 unspecified atom stereocenters. The van der Waals surface area contributed by atoms with Crippen molar-refractivity contribution in [3.8, 4) is 0 Å². The van der Waals surface area contributed by atoms with Crippen molar-refractivity contribution in [2.75, 3.05) is 18.6 Å². The number of carbonyl (C=O) groups excluding carboxylic acids is 2. The van der Waals surface area contributed by atoms with E-state index in [2.05, 4.69) is 9.97 Å². The highest BCUT2D eigenvalue weighted by Crippen LogP contribution is 2.11. The van der Waals surface area contributed by atoms with E-state index in [1.54, 1.807) is 43.4 Å². The molecule has 0 saturated carbocycles. The fraction of sp³-hybridized carbons (Fsp3) is 0.200. The third-order valence-corrected chi connectivity index (χ3v) is 4.10.